The minimum Gasteiger partial charge on any atom is -0.465 e. The lowest BCUT2D eigenvalue weighted by Gasteiger charge is -2.09. The van der Waals surface area contributed by atoms with Crippen LogP contribution in [0.15, 0.2) is 5.38 Å². The number of aryl methyl sites for hydroxylation is 1. The molecule has 1 aromatic rings. The van der Waals surface area contributed by atoms with Gasteiger partial charge in [0.15, 0.2) is 0 Å². The molecule has 0 spiro atoms. The van der Waals surface area contributed by atoms with E-state index in [4.69, 9.17) is 5.26 Å². The van der Waals surface area contributed by atoms with Gasteiger partial charge in [0, 0.05) is 0 Å². The predicted octanol–water partition coefficient (Wildman–Crippen LogP) is 2.33. The lowest BCUT2D eigenvalue weighted by atomic mass is 10.1. The smallest absolute Gasteiger partial charge is 0.350 e. The van der Waals surface area contributed by atoms with E-state index in [0.29, 0.717) is 17.0 Å². The van der Waals surface area contributed by atoms with Crippen molar-refractivity contribution in [3.05, 3.63) is 15.8 Å². The molecular formula is C12H14N2O3S. The fourth-order valence-electron chi connectivity index (χ4n) is 1.39. The third-order valence-corrected chi connectivity index (χ3v) is 3.55. The van der Waals surface area contributed by atoms with Crippen LogP contribution in [0.2, 0.25) is 0 Å². The molecule has 96 valence electrons. The van der Waals surface area contributed by atoms with Crippen molar-refractivity contribution in [1.29, 1.82) is 5.26 Å². The minimum absolute atomic E-state index is 0.344. The van der Waals surface area contributed by atoms with Crippen LogP contribution in [0.25, 0.3) is 0 Å². The first-order valence-corrected chi connectivity index (χ1v) is 6.30. The largest absolute Gasteiger partial charge is 0.465 e. The Bertz CT molecular complexity index is 502. The topological polar surface area (TPSA) is 79.2 Å². The van der Waals surface area contributed by atoms with Crippen molar-refractivity contribution in [2.45, 2.75) is 20.3 Å². The van der Waals surface area contributed by atoms with E-state index in [1.54, 1.807) is 19.2 Å². The van der Waals surface area contributed by atoms with Crippen molar-refractivity contribution in [3.8, 4) is 6.07 Å². The maximum absolute atomic E-state index is 11.8. The van der Waals surface area contributed by atoms with Crippen molar-refractivity contribution in [2.24, 2.45) is 5.92 Å². The Balaban J connectivity index is 2.98. The van der Waals surface area contributed by atoms with Crippen LogP contribution < -0.4 is 5.32 Å². The number of rotatable bonds is 4. The number of carbonyl (C=O) groups is 2. The zero-order valence-corrected chi connectivity index (χ0v) is 11.3. The molecule has 0 aromatic carbocycles. The van der Waals surface area contributed by atoms with Crippen LogP contribution in [-0.4, -0.2) is 19.0 Å². The fraction of sp³-hybridized carbons (Fsp3) is 0.417. The van der Waals surface area contributed by atoms with Gasteiger partial charge in [-0.05, 0) is 24.3 Å². The van der Waals surface area contributed by atoms with E-state index < -0.39 is 17.8 Å². The second kappa shape index (κ2) is 6.17. The van der Waals surface area contributed by atoms with E-state index in [0.717, 1.165) is 5.56 Å². The van der Waals surface area contributed by atoms with Crippen molar-refractivity contribution >= 4 is 28.9 Å². The van der Waals surface area contributed by atoms with Gasteiger partial charge in [0.05, 0.1) is 18.9 Å². The summed E-state index contributed by atoms with van der Waals surface area (Å²) in [4.78, 5) is 23.7. The van der Waals surface area contributed by atoms with Crippen molar-refractivity contribution in [3.63, 3.8) is 0 Å². The lowest BCUT2D eigenvalue weighted by molar-refractivity contribution is -0.118. The van der Waals surface area contributed by atoms with E-state index in [2.05, 4.69) is 10.1 Å². The molecule has 0 radical (unpaired) electrons. The highest BCUT2D eigenvalue weighted by molar-refractivity contribution is 7.12. The summed E-state index contributed by atoms with van der Waals surface area (Å²) in [5, 5.41) is 13.2. The van der Waals surface area contributed by atoms with E-state index in [-0.39, 0.29) is 0 Å². The number of amides is 1. The van der Waals surface area contributed by atoms with Gasteiger partial charge in [-0.25, -0.2) is 4.79 Å². The van der Waals surface area contributed by atoms with Gasteiger partial charge >= 0.3 is 5.97 Å². The highest BCUT2D eigenvalue weighted by Crippen LogP contribution is 2.28. The molecule has 0 aliphatic heterocycles. The van der Waals surface area contributed by atoms with Gasteiger partial charge in [0.2, 0.25) is 5.91 Å². The number of hydrogen-bond donors (Lipinski definition) is 1. The summed E-state index contributed by atoms with van der Waals surface area (Å²) in [7, 11) is 1.28. The van der Waals surface area contributed by atoms with E-state index in [9.17, 15) is 9.59 Å². The molecule has 1 amide bonds. The Hall–Kier alpha value is -1.87. The van der Waals surface area contributed by atoms with E-state index >= 15 is 0 Å². The predicted molar refractivity (Wildman–Crippen MR) is 68.4 cm³/mol. The average molecular weight is 266 g/mol. The monoisotopic (exact) mass is 266 g/mol. The molecule has 1 N–H and O–H groups in total. The Morgan fingerprint density at radius 1 is 1.61 bits per heavy atom. The molecule has 0 aliphatic rings. The first kappa shape index (κ1) is 14.2. The number of methoxy groups -OCH3 is 1. The fourth-order valence-corrected chi connectivity index (χ4v) is 2.31. The van der Waals surface area contributed by atoms with E-state index in [1.165, 1.54) is 18.4 Å². The maximum Gasteiger partial charge on any atom is 0.350 e. The third-order valence-electron chi connectivity index (χ3n) is 2.47. The number of hydrogen-bond acceptors (Lipinski definition) is 5. The number of esters is 1. The van der Waals surface area contributed by atoms with Gasteiger partial charge in [-0.15, -0.1) is 11.3 Å². The van der Waals surface area contributed by atoms with Crippen molar-refractivity contribution < 1.29 is 14.3 Å². The second-order valence-electron chi connectivity index (χ2n) is 3.69. The first-order chi connectivity index (χ1) is 8.54. The Morgan fingerprint density at radius 2 is 2.28 bits per heavy atom. The summed E-state index contributed by atoms with van der Waals surface area (Å²) in [5.41, 5.74) is 1.21. The summed E-state index contributed by atoms with van der Waals surface area (Å²) < 4.78 is 4.64. The van der Waals surface area contributed by atoms with Gasteiger partial charge in [0.1, 0.15) is 10.8 Å². The molecule has 0 saturated heterocycles. The van der Waals surface area contributed by atoms with Crippen LogP contribution in [0.4, 0.5) is 5.69 Å². The Morgan fingerprint density at radius 3 is 2.78 bits per heavy atom. The van der Waals surface area contributed by atoms with Crippen LogP contribution in [0, 0.1) is 24.2 Å². The number of thiophene rings is 1. The van der Waals surface area contributed by atoms with E-state index in [1.807, 2.05) is 6.07 Å². The standard InChI is InChI=1S/C12H14N2O3S/c1-4-8(5-13)11(15)14-9-7(2)6-18-10(9)12(16)17-3/h6,8H,4H2,1-3H3,(H,14,15). The molecule has 0 bridgehead atoms. The number of nitrogens with one attached hydrogen (secondary N) is 1. The van der Waals surface area contributed by atoms with Crippen molar-refractivity contribution in [2.75, 3.05) is 12.4 Å². The summed E-state index contributed by atoms with van der Waals surface area (Å²) >= 11 is 1.21. The van der Waals surface area contributed by atoms with Crippen LogP contribution in [0.1, 0.15) is 28.6 Å². The van der Waals surface area contributed by atoms with Gasteiger partial charge in [-0.2, -0.15) is 5.26 Å². The zero-order valence-electron chi connectivity index (χ0n) is 10.4. The van der Waals surface area contributed by atoms with Gasteiger partial charge in [-0.1, -0.05) is 6.92 Å². The van der Waals surface area contributed by atoms with Crippen molar-refractivity contribution in [1.82, 2.24) is 0 Å². The number of carbonyl (C=O) groups excluding carboxylic acids is 2. The lowest BCUT2D eigenvalue weighted by Crippen LogP contribution is -2.22. The number of anilines is 1. The molecule has 0 fully saturated rings. The Kier molecular flexibility index (Phi) is 4.86. The SMILES string of the molecule is CCC(C#N)C(=O)Nc1c(C)csc1C(=O)OC. The van der Waals surface area contributed by atoms with Gasteiger partial charge in [-0.3, -0.25) is 4.79 Å². The molecule has 6 heteroatoms. The minimum atomic E-state index is -0.713. The number of nitrogens with zero attached hydrogens (tertiary/aromatic N) is 1. The molecular weight excluding hydrogens is 252 g/mol. The normalized spacial score (nSPS) is 11.4. The Labute approximate surface area is 109 Å². The van der Waals surface area contributed by atoms with Crippen LogP contribution in [0.5, 0.6) is 0 Å². The third kappa shape index (κ3) is 2.87. The quantitative estimate of drug-likeness (QED) is 0.848. The molecule has 1 heterocycles. The zero-order chi connectivity index (χ0) is 13.7. The number of nitriles is 1. The highest BCUT2D eigenvalue weighted by Gasteiger charge is 2.22. The molecule has 0 saturated carbocycles. The van der Waals surface area contributed by atoms with Gasteiger partial charge in [0.25, 0.3) is 0 Å². The van der Waals surface area contributed by atoms with Crippen LogP contribution in [0.3, 0.4) is 0 Å². The highest BCUT2D eigenvalue weighted by atomic mass is 32.1. The summed E-state index contributed by atoms with van der Waals surface area (Å²) in [5.74, 6) is -1.60. The first-order valence-electron chi connectivity index (χ1n) is 5.42. The molecule has 1 rings (SSSR count). The molecule has 1 aromatic heterocycles. The summed E-state index contributed by atoms with van der Waals surface area (Å²) in [6.07, 6.45) is 0.430. The van der Waals surface area contributed by atoms with Crippen LogP contribution >= 0.6 is 11.3 Å². The maximum atomic E-state index is 11.8. The second-order valence-corrected chi connectivity index (χ2v) is 4.57. The summed E-state index contributed by atoms with van der Waals surface area (Å²) in [6, 6.07) is 1.92. The number of ether oxygens (including phenoxy) is 1. The summed E-state index contributed by atoms with van der Waals surface area (Å²) in [6.45, 7) is 3.54. The molecule has 18 heavy (non-hydrogen) atoms. The molecule has 1 atom stereocenters. The van der Waals surface area contributed by atoms with Gasteiger partial charge < -0.3 is 10.1 Å². The molecule has 0 aliphatic carbocycles. The molecule has 1 unspecified atom stereocenters. The average Bonchev–Trinajstić information content (AvgIpc) is 2.72. The van der Waals surface area contributed by atoms with Crippen LogP contribution in [-0.2, 0) is 9.53 Å². The molecule has 5 nitrogen and oxygen atoms in total.